The van der Waals surface area contributed by atoms with E-state index in [9.17, 15) is 9.90 Å². The second-order valence-corrected chi connectivity index (χ2v) is 5.17. The van der Waals surface area contributed by atoms with Crippen molar-refractivity contribution in [2.24, 2.45) is 5.73 Å². The van der Waals surface area contributed by atoms with E-state index in [4.69, 9.17) is 5.73 Å². The molecule has 2 rings (SSSR count). The minimum atomic E-state index is -0.635. The Morgan fingerprint density at radius 3 is 2.94 bits per heavy atom. The highest BCUT2D eigenvalue weighted by atomic mass is 32.1. The van der Waals surface area contributed by atoms with Crippen molar-refractivity contribution in [1.82, 2.24) is 5.32 Å². The van der Waals surface area contributed by atoms with Gasteiger partial charge in [0.1, 0.15) is 0 Å². The molecule has 0 fully saturated rings. The number of hydrogen-bond donors (Lipinski definition) is 3. The van der Waals surface area contributed by atoms with E-state index in [1.165, 1.54) is 0 Å². The second-order valence-electron chi connectivity index (χ2n) is 4.26. The van der Waals surface area contributed by atoms with Crippen LogP contribution in [0.5, 0.6) is 0 Å². The molecule has 0 aliphatic rings. The van der Waals surface area contributed by atoms with Crippen LogP contribution in [0.2, 0.25) is 0 Å². The monoisotopic (exact) mass is 264 g/mol. The number of benzene rings is 1. The van der Waals surface area contributed by atoms with E-state index in [0.29, 0.717) is 5.56 Å². The normalized spacial score (nSPS) is 14.4. The van der Waals surface area contributed by atoms with Crippen LogP contribution in [0.25, 0.3) is 10.1 Å². The van der Waals surface area contributed by atoms with E-state index in [1.54, 1.807) is 18.3 Å². The average Bonchev–Trinajstić information content (AvgIpc) is 2.79. The first-order valence-corrected chi connectivity index (χ1v) is 6.65. The summed E-state index contributed by atoms with van der Waals surface area (Å²) >= 11 is 1.54. The molecule has 0 bridgehead atoms. The summed E-state index contributed by atoms with van der Waals surface area (Å²) in [5, 5.41) is 14.8. The summed E-state index contributed by atoms with van der Waals surface area (Å²) in [6.45, 7) is 1.87. The van der Waals surface area contributed by atoms with Crippen LogP contribution in [-0.4, -0.2) is 29.7 Å². The quantitative estimate of drug-likeness (QED) is 0.780. The van der Waals surface area contributed by atoms with E-state index < -0.39 is 12.1 Å². The molecule has 1 aromatic carbocycles. The summed E-state index contributed by atoms with van der Waals surface area (Å²) in [7, 11) is 0. The summed E-state index contributed by atoms with van der Waals surface area (Å²) in [5.41, 5.74) is 6.33. The molecule has 2 aromatic rings. The maximum atomic E-state index is 12.0. The van der Waals surface area contributed by atoms with Crippen LogP contribution in [0, 0.1) is 0 Å². The molecule has 0 aliphatic heterocycles. The molecular formula is C13H16N2O2S. The molecule has 0 radical (unpaired) electrons. The van der Waals surface area contributed by atoms with Crippen molar-refractivity contribution in [3.8, 4) is 0 Å². The third kappa shape index (κ3) is 2.69. The number of nitrogens with one attached hydrogen (secondary N) is 1. The molecular weight excluding hydrogens is 248 g/mol. The predicted octanol–water partition coefficient (Wildman–Crippen LogP) is 1.34. The van der Waals surface area contributed by atoms with Gasteiger partial charge >= 0.3 is 0 Å². The van der Waals surface area contributed by atoms with Gasteiger partial charge in [-0.05, 0) is 13.0 Å². The zero-order chi connectivity index (χ0) is 13.1. The Morgan fingerprint density at radius 2 is 2.22 bits per heavy atom. The number of amides is 1. The van der Waals surface area contributed by atoms with Gasteiger partial charge in [0.05, 0.1) is 11.7 Å². The molecule has 0 saturated carbocycles. The Balaban J connectivity index is 2.10. The first kappa shape index (κ1) is 13.0. The van der Waals surface area contributed by atoms with Gasteiger partial charge in [0.25, 0.3) is 5.91 Å². The summed E-state index contributed by atoms with van der Waals surface area (Å²) in [4.78, 5) is 12.0. The highest BCUT2D eigenvalue weighted by molar-refractivity contribution is 7.17. The molecule has 2 atom stereocenters. The number of carbonyl (C=O) groups excluding carboxylic acids is 1. The fourth-order valence-corrected chi connectivity index (χ4v) is 2.57. The van der Waals surface area contributed by atoms with E-state index >= 15 is 0 Å². The lowest BCUT2D eigenvalue weighted by Crippen LogP contribution is -2.43. The van der Waals surface area contributed by atoms with Crippen molar-refractivity contribution in [1.29, 1.82) is 0 Å². The molecule has 1 heterocycles. The highest BCUT2D eigenvalue weighted by Crippen LogP contribution is 2.25. The van der Waals surface area contributed by atoms with Gasteiger partial charge in [-0.2, -0.15) is 0 Å². The third-order valence-electron chi connectivity index (χ3n) is 2.84. The van der Waals surface area contributed by atoms with Gasteiger partial charge in [-0.3, -0.25) is 4.79 Å². The standard InChI is InChI=1S/C13H16N2O2S/c1-8(16)11(14)6-15-13(17)10-7-18-12-5-3-2-4-9(10)12/h2-5,7-8,11,16H,6,14H2,1H3,(H,15,17). The molecule has 18 heavy (non-hydrogen) atoms. The van der Waals surface area contributed by atoms with Crippen molar-refractivity contribution >= 4 is 27.3 Å². The highest BCUT2D eigenvalue weighted by Gasteiger charge is 2.14. The predicted molar refractivity (Wildman–Crippen MR) is 73.8 cm³/mol. The fourth-order valence-electron chi connectivity index (χ4n) is 1.63. The van der Waals surface area contributed by atoms with Gasteiger partial charge in [0.15, 0.2) is 0 Å². The largest absolute Gasteiger partial charge is 0.392 e. The summed E-state index contributed by atoms with van der Waals surface area (Å²) in [5.74, 6) is -0.149. The van der Waals surface area contributed by atoms with E-state index in [1.807, 2.05) is 29.6 Å². The topological polar surface area (TPSA) is 75.3 Å². The summed E-state index contributed by atoms with van der Waals surface area (Å²) in [6.07, 6.45) is -0.635. The molecule has 96 valence electrons. The molecule has 0 spiro atoms. The zero-order valence-electron chi connectivity index (χ0n) is 10.1. The first-order chi connectivity index (χ1) is 8.59. The number of aliphatic hydroxyl groups is 1. The summed E-state index contributed by atoms with van der Waals surface area (Å²) < 4.78 is 1.09. The number of nitrogens with two attached hydrogens (primary N) is 1. The number of thiophene rings is 1. The molecule has 0 aliphatic carbocycles. The molecule has 2 unspecified atom stereocenters. The van der Waals surface area contributed by atoms with Crippen molar-refractivity contribution in [3.63, 3.8) is 0 Å². The van der Waals surface area contributed by atoms with E-state index in [0.717, 1.165) is 10.1 Å². The summed E-state index contributed by atoms with van der Waals surface area (Å²) in [6, 6.07) is 7.32. The minimum absolute atomic E-state index is 0.149. The smallest absolute Gasteiger partial charge is 0.252 e. The van der Waals surface area contributed by atoms with Crippen LogP contribution >= 0.6 is 11.3 Å². The lowest BCUT2D eigenvalue weighted by atomic mass is 10.1. The SMILES string of the molecule is CC(O)C(N)CNC(=O)c1csc2ccccc12. The van der Waals surface area contributed by atoms with Crippen LogP contribution in [0.15, 0.2) is 29.6 Å². The van der Waals surface area contributed by atoms with Crippen LogP contribution in [0.1, 0.15) is 17.3 Å². The molecule has 1 amide bonds. The lowest BCUT2D eigenvalue weighted by Gasteiger charge is -2.15. The second kappa shape index (κ2) is 5.48. The van der Waals surface area contributed by atoms with Crippen molar-refractivity contribution in [2.45, 2.75) is 19.1 Å². The van der Waals surface area contributed by atoms with E-state index in [2.05, 4.69) is 5.32 Å². The Labute approximate surface area is 109 Å². The number of hydrogen-bond acceptors (Lipinski definition) is 4. The molecule has 0 saturated heterocycles. The Hall–Kier alpha value is -1.43. The molecule has 5 heteroatoms. The van der Waals surface area contributed by atoms with E-state index in [-0.39, 0.29) is 12.5 Å². The zero-order valence-corrected chi connectivity index (χ0v) is 10.9. The molecule has 1 aromatic heterocycles. The van der Waals surface area contributed by atoms with Crippen molar-refractivity contribution < 1.29 is 9.90 Å². The molecule has 4 N–H and O–H groups in total. The third-order valence-corrected chi connectivity index (χ3v) is 3.81. The Bertz CT molecular complexity index is 551. The van der Waals surface area contributed by atoms with Gasteiger partial charge in [-0.1, -0.05) is 18.2 Å². The van der Waals surface area contributed by atoms with Crippen LogP contribution in [0.4, 0.5) is 0 Å². The van der Waals surface area contributed by atoms with Crippen LogP contribution in [0.3, 0.4) is 0 Å². The number of carbonyl (C=O) groups is 1. The number of fused-ring (bicyclic) bond motifs is 1. The minimum Gasteiger partial charge on any atom is -0.392 e. The number of aliphatic hydroxyl groups excluding tert-OH is 1. The van der Waals surface area contributed by atoms with Gasteiger partial charge in [-0.25, -0.2) is 0 Å². The van der Waals surface area contributed by atoms with Gasteiger partial charge < -0.3 is 16.2 Å². The van der Waals surface area contributed by atoms with Crippen molar-refractivity contribution in [2.75, 3.05) is 6.54 Å². The van der Waals surface area contributed by atoms with Gasteiger partial charge in [0.2, 0.25) is 0 Å². The lowest BCUT2D eigenvalue weighted by molar-refractivity contribution is 0.0939. The Kier molecular flexibility index (Phi) is 3.96. The number of rotatable bonds is 4. The first-order valence-electron chi connectivity index (χ1n) is 5.77. The van der Waals surface area contributed by atoms with Gasteiger partial charge in [0, 0.05) is 28.1 Å². The van der Waals surface area contributed by atoms with Gasteiger partial charge in [-0.15, -0.1) is 11.3 Å². The maximum Gasteiger partial charge on any atom is 0.252 e. The average molecular weight is 264 g/mol. The van der Waals surface area contributed by atoms with Crippen molar-refractivity contribution in [3.05, 3.63) is 35.2 Å². The van der Waals surface area contributed by atoms with Crippen LogP contribution in [-0.2, 0) is 0 Å². The molecule has 4 nitrogen and oxygen atoms in total. The fraction of sp³-hybridized carbons (Fsp3) is 0.308. The Morgan fingerprint density at radius 1 is 1.50 bits per heavy atom. The maximum absolute atomic E-state index is 12.0. The van der Waals surface area contributed by atoms with Crippen LogP contribution < -0.4 is 11.1 Å².